The van der Waals surface area contributed by atoms with Gasteiger partial charge < -0.3 is 52.5 Å². The normalized spacial score (nSPS) is 25.5. The molecule has 0 saturated carbocycles. The molecule has 15 nitrogen and oxygen atoms in total. The third-order valence-corrected chi connectivity index (χ3v) is 10.9. The first kappa shape index (κ1) is 46.3. The first-order chi connectivity index (χ1) is 31.4. The lowest BCUT2D eigenvalue weighted by Crippen LogP contribution is -2.66. The second-order valence-corrected chi connectivity index (χ2v) is 15.2. The maximum Gasteiger partial charge on any atom is 0.337 e. The Labute approximate surface area is 372 Å². The van der Waals surface area contributed by atoms with E-state index in [9.17, 15) is 15.4 Å². The molecule has 2 heterocycles. The topological polar surface area (TPSA) is 178 Å². The zero-order valence-electron chi connectivity index (χ0n) is 35.7. The van der Waals surface area contributed by atoms with E-state index in [2.05, 4.69) is 10.0 Å². The van der Waals surface area contributed by atoms with Crippen molar-refractivity contribution in [3.8, 4) is 5.75 Å². The number of nitrogens with zero attached hydrogens (tertiary/aromatic N) is 3. The number of carbonyl (C=O) groups is 1. The lowest BCUT2D eigenvalue weighted by molar-refractivity contribution is -0.356. The summed E-state index contributed by atoms with van der Waals surface area (Å²) >= 11 is 0. The molecule has 5 aromatic carbocycles. The monoisotopic (exact) mass is 875 g/mol. The summed E-state index contributed by atoms with van der Waals surface area (Å²) in [5, 5.41) is 15.3. The number of carbonyl (C=O) groups excluding carboxylic acids is 1. The number of esters is 1. The van der Waals surface area contributed by atoms with Crippen LogP contribution in [0.25, 0.3) is 10.4 Å². The number of aliphatic hydroxyl groups excluding tert-OH is 1. The van der Waals surface area contributed by atoms with Gasteiger partial charge in [0.15, 0.2) is 18.7 Å². The zero-order chi connectivity index (χ0) is 44.5. The van der Waals surface area contributed by atoms with Gasteiger partial charge in [0.05, 0.1) is 53.9 Å². The van der Waals surface area contributed by atoms with Crippen molar-refractivity contribution in [2.45, 2.75) is 94.4 Å². The fourth-order valence-electron chi connectivity index (χ4n) is 7.59. The molecule has 5 aromatic rings. The van der Waals surface area contributed by atoms with Crippen LogP contribution in [0.3, 0.4) is 0 Å². The minimum absolute atomic E-state index is 0.0570. The zero-order valence-corrected chi connectivity index (χ0v) is 35.7. The Balaban J connectivity index is 1.27. The Morgan fingerprint density at radius 1 is 0.594 bits per heavy atom. The molecule has 0 unspecified atom stereocenters. The lowest BCUT2D eigenvalue weighted by atomic mass is 9.95. The number of azide groups is 1. The van der Waals surface area contributed by atoms with E-state index >= 15 is 0 Å². The van der Waals surface area contributed by atoms with Crippen LogP contribution in [0.2, 0.25) is 0 Å². The number of ether oxygens (including phenoxy) is 10. The van der Waals surface area contributed by atoms with Crippen molar-refractivity contribution < 1.29 is 57.3 Å². The van der Waals surface area contributed by atoms with E-state index < -0.39 is 67.3 Å². The Bertz CT molecular complexity index is 2190. The highest BCUT2D eigenvalue weighted by Crippen LogP contribution is 2.36. The average molecular weight is 876 g/mol. The van der Waals surface area contributed by atoms with Crippen molar-refractivity contribution in [1.82, 2.24) is 0 Å². The van der Waals surface area contributed by atoms with E-state index in [4.69, 9.17) is 47.4 Å². The third-order valence-electron chi connectivity index (χ3n) is 10.9. The van der Waals surface area contributed by atoms with Crippen molar-refractivity contribution in [2.24, 2.45) is 5.11 Å². The largest absolute Gasteiger partial charge is 0.497 e. The maximum absolute atomic E-state index is 13.9. The van der Waals surface area contributed by atoms with Crippen molar-refractivity contribution in [3.05, 3.63) is 184 Å². The molecular formula is C49H53N3O12. The summed E-state index contributed by atoms with van der Waals surface area (Å²) < 4.78 is 63.3. The molecule has 10 atom stereocenters. The van der Waals surface area contributed by atoms with Crippen LogP contribution in [-0.4, -0.2) is 93.3 Å². The predicted octanol–water partition coefficient (Wildman–Crippen LogP) is 7.23. The molecule has 1 N–H and O–H groups in total. The Morgan fingerprint density at radius 2 is 1.06 bits per heavy atom. The van der Waals surface area contributed by atoms with Crippen LogP contribution in [0.1, 0.15) is 27.8 Å². The third kappa shape index (κ3) is 12.5. The van der Waals surface area contributed by atoms with Crippen LogP contribution in [0.5, 0.6) is 5.75 Å². The van der Waals surface area contributed by atoms with Gasteiger partial charge in [-0.15, -0.1) is 0 Å². The molecule has 2 saturated heterocycles. The van der Waals surface area contributed by atoms with Crippen molar-refractivity contribution in [3.63, 3.8) is 0 Å². The molecule has 2 fully saturated rings. The van der Waals surface area contributed by atoms with E-state index in [1.54, 1.807) is 7.11 Å². The van der Waals surface area contributed by atoms with Gasteiger partial charge in [-0.25, -0.2) is 4.79 Å². The lowest BCUT2D eigenvalue weighted by Gasteiger charge is -2.48. The van der Waals surface area contributed by atoms with E-state index in [1.807, 2.05) is 146 Å². The fraction of sp³-hybridized carbons (Fsp3) is 0.367. The summed E-state index contributed by atoms with van der Waals surface area (Å²) in [6, 6.07) is 44.1. The maximum atomic E-state index is 13.9. The second kappa shape index (κ2) is 23.8. The molecule has 0 aliphatic carbocycles. The smallest absolute Gasteiger partial charge is 0.337 e. The summed E-state index contributed by atoms with van der Waals surface area (Å²) in [6.07, 6.45) is -10.9. The summed E-state index contributed by atoms with van der Waals surface area (Å²) in [4.78, 5) is 16.9. The minimum atomic E-state index is -1.60. The number of methoxy groups -OCH3 is 2. The van der Waals surface area contributed by atoms with E-state index in [-0.39, 0.29) is 39.6 Å². The number of benzene rings is 5. The molecule has 0 amide bonds. The Hall–Kier alpha value is -5.68. The molecule has 0 bridgehead atoms. The van der Waals surface area contributed by atoms with Gasteiger partial charge in [-0.05, 0) is 45.5 Å². The second-order valence-electron chi connectivity index (χ2n) is 15.2. The molecule has 0 radical (unpaired) electrons. The van der Waals surface area contributed by atoms with Gasteiger partial charge in [0.25, 0.3) is 0 Å². The van der Waals surface area contributed by atoms with Crippen LogP contribution in [0.4, 0.5) is 0 Å². The summed E-state index contributed by atoms with van der Waals surface area (Å²) in [7, 11) is 2.85. The molecule has 7 rings (SSSR count). The molecule has 336 valence electrons. The summed E-state index contributed by atoms with van der Waals surface area (Å²) in [5.74, 6) is -0.0718. The van der Waals surface area contributed by atoms with Gasteiger partial charge in [-0.2, -0.15) is 0 Å². The summed E-state index contributed by atoms with van der Waals surface area (Å²) in [6.45, 7) is 0.445. The van der Waals surface area contributed by atoms with Crippen molar-refractivity contribution in [1.29, 1.82) is 0 Å². The molecular weight excluding hydrogens is 823 g/mol. The van der Waals surface area contributed by atoms with Crippen LogP contribution < -0.4 is 4.74 Å². The van der Waals surface area contributed by atoms with Gasteiger partial charge in [0.1, 0.15) is 48.4 Å². The van der Waals surface area contributed by atoms with Crippen LogP contribution in [0, 0.1) is 0 Å². The number of rotatable bonds is 21. The van der Waals surface area contributed by atoms with Crippen molar-refractivity contribution in [2.75, 3.05) is 20.8 Å². The van der Waals surface area contributed by atoms with Gasteiger partial charge in [0.2, 0.25) is 0 Å². The number of hydrogen-bond donors (Lipinski definition) is 1. The highest BCUT2D eigenvalue weighted by molar-refractivity contribution is 5.75. The Morgan fingerprint density at radius 3 is 1.56 bits per heavy atom. The molecule has 15 heteroatoms. The summed E-state index contributed by atoms with van der Waals surface area (Å²) in [5.41, 5.74) is 14.0. The van der Waals surface area contributed by atoms with Gasteiger partial charge in [0, 0.05) is 4.91 Å². The Kier molecular flexibility index (Phi) is 17.3. The first-order valence-electron chi connectivity index (χ1n) is 21.0. The number of aliphatic hydroxyl groups is 1. The minimum Gasteiger partial charge on any atom is -0.497 e. The molecule has 2 aliphatic rings. The van der Waals surface area contributed by atoms with Crippen molar-refractivity contribution >= 4 is 5.97 Å². The highest BCUT2D eigenvalue weighted by atomic mass is 16.7. The quantitative estimate of drug-likeness (QED) is 0.0339. The molecule has 0 aromatic heterocycles. The van der Waals surface area contributed by atoms with Crippen LogP contribution in [-0.2, 0) is 80.5 Å². The van der Waals surface area contributed by atoms with Gasteiger partial charge in [-0.3, -0.25) is 0 Å². The standard InChI is InChI=1S/C49H53N3O12/c1-55-38-25-23-37(24-26-38)31-59-43-44(60-29-35-19-11-5-12-20-35)46(61-30-36-21-13-6-14-22-36)49(64-45(43)48(54)56-2)63-41-39(32-57-27-33-15-7-3-8-16-33)62-47(53)40(51-52-50)42(41)58-28-34-17-9-4-10-18-34/h3-26,39-47,49,53H,27-32H2,1-2H3/t39-,40-,41-,42-,43+,44+,45+,46-,47-,49-/m1/s1. The molecule has 2 aliphatic heterocycles. The highest BCUT2D eigenvalue weighted by Gasteiger charge is 2.55. The fourth-order valence-corrected chi connectivity index (χ4v) is 7.59. The van der Waals surface area contributed by atoms with E-state index in [0.29, 0.717) is 5.75 Å². The van der Waals surface area contributed by atoms with Crippen LogP contribution >= 0.6 is 0 Å². The van der Waals surface area contributed by atoms with Crippen LogP contribution in [0.15, 0.2) is 151 Å². The molecule has 0 spiro atoms. The number of hydrogen-bond acceptors (Lipinski definition) is 13. The first-order valence-corrected chi connectivity index (χ1v) is 21.0. The predicted molar refractivity (Wildman–Crippen MR) is 232 cm³/mol. The SMILES string of the molecule is COC(=O)[C@H]1O[C@@H](O[C@H]2[C@H](OCc3ccccc3)[C@@H](N=[N+]=[N-])[C@H](O)O[C@@H]2COCc2ccccc2)[C@H](OCc2ccccc2)[C@@H](OCc2ccccc2)[C@@H]1OCc1ccc(OC)cc1. The van der Waals surface area contributed by atoms with E-state index in [1.165, 1.54) is 7.11 Å². The van der Waals surface area contributed by atoms with Gasteiger partial charge >= 0.3 is 5.97 Å². The van der Waals surface area contributed by atoms with Gasteiger partial charge in [-0.1, -0.05) is 139 Å². The average Bonchev–Trinajstić information content (AvgIpc) is 3.34. The molecule has 64 heavy (non-hydrogen) atoms. The van der Waals surface area contributed by atoms with E-state index in [0.717, 1.165) is 27.8 Å².